The second-order valence-electron chi connectivity index (χ2n) is 7.32. The molecule has 5 rings (SSSR count). The Hall–Kier alpha value is -4.13. The van der Waals surface area contributed by atoms with Crippen molar-refractivity contribution in [2.24, 2.45) is 0 Å². The van der Waals surface area contributed by atoms with Gasteiger partial charge in [0.15, 0.2) is 0 Å². The molecule has 3 aromatic heterocycles. The van der Waals surface area contributed by atoms with Gasteiger partial charge >= 0.3 is 0 Å². The second kappa shape index (κ2) is 7.95. The van der Waals surface area contributed by atoms with E-state index in [1.165, 1.54) is 24.2 Å². The minimum absolute atomic E-state index is 0.241. The molecule has 4 aromatic rings. The Morgan fingerprint density at radius 3 is 2.52 bits per heavy atom. The van der Waals surface area contributed by atoms with Gasteiger partial charge in [-0.05, 0) is 30.5 Å². The Labute approximate surface area is 178 Å². The third-order valence-electron chi connectivity index (χ3n) is 5.36. The molecule has 0 aliphatic carbocycles. The van der Waals surface area contributed by atoms with E-state index in [-0.39, 0.29) is 5.57 Å². The van der Waals surface area contributed by atoms with Crippen LogP contribution in [0.25, 0.3) is 22.2 Å². The monoisotopic (exact) mass is 409 g/mol. The minimum Gasteiger partial charge on any atom is -0.332 e. The number of benzene rings is 1. The van der Waals surface area contributed by atoms with Gasteiger partial charge in [-0.25, -0.2) is 4.98 Å². The fourth-order valence-electron chi connectivity index (χ4n) is 3.98. The van der Waals surface area contributed by atoms with Crippen molar-refractivity contribution in [1.82, 2.24) is 24.8 Å². The molecular weight excluding hydrogens is 390 g/mol. The molecule has 0 bridgehead atoms. The molecule has 0 atom stereocenters. The number of carbonyl (C=O) groups excluding carboxylic acids is 2. The fraction of sp³-hybridized carbons (Fsp3) is 0.125. The van der Waals surface area contributed by atoms with Crippen LogP contribution in [-0.4, -0.2) is 31.3 Å². The van der Waals surface area contributed by atoms with Gasteiger partial charge in [0.2, 0.25) is 0 Å². The summed E-state index contributed by atoms with van der Waals surface area (Å²) in [4.78, 5) is 38.1. The Morgan fingerprint density at radius 1 is 0.871 bits per heavy atom. The molecule has 1 aliphatic rings. The van der Waals surface area contributed by atoms with Crippen LogP contribution < -0.4 is 5.32 Å². The third-order valence-corrected chi connectivity index (χ3v) is 5.36. The van der Waals surface area contributed by atoms with Crippen LogP contribution in [0.15, 0.2) is 73.4 Å². The normalized spacial score (nSPS) is 13.8. The van der Waals surface area contributed by atoms with Crippen LogP contribution in [0.4, 0.5) is 0 Å². The average molecular weight is 409 g/mol. The number of pyridine rings is 1. The molecule has 2 amide bonds. The predicted octanol–water partition coefficient (Wildman–Crippen LogP) is 3.03. The first kappa shape index (κ1) is 18.9. The highest BCUT2D eigenvalue weighted by molar-refractivity contribution is 6.49. The molecule has 31 heavy (non-hydrogen) atoms. The van der Waals surface area contributed by atoms with Gasteiger partial charge in [-0.1, -0.05) is 30.3 Å². The van der Waals surface area contributed by atoms with Crippen molar-refractivity contribution in [2.45, 2.75) is 19.4 Å². The maximum atomic E-state index is 12.8. The zero-order valence-electron chi connectivity index (χ0n) is 16.7. The van der Waals surface area contributed by atoms with E-state index in [0.29, 0.717) is 16.8 Å². The molecule has 1 N–H and O–H groups in total. The van der Waals surface area contributed by atoms with Gasteiger partial charge in [-0.3, -0.25) is 24.9 Å². The number of hydrogen-bond donors (Lipinski definition) is 1. The number of amides is 2. The molecule has 0 radical (unpaired) electrons. The number of aromatic nitrogens is 4. The van der Waals surface area contributed by atoms with E-state index < -0.39 is 11.8 Å². The van der Waals surface area contributed by atoms with Gasteiger partial charge in [0.05, 0.1) is 23.0 Å². The molecule has 7 nitrogen and oxygen atoms in total. The fourth-order valence-corrected chi connectivity index (χ4v) is 3.98. The number of nitrogens with one attached hydrogen (secondary N) is 1. The van der Waals surface area contributed by atoms with E-state index in [4.69, 9.17) is 0 Å². The van der Waals surface area contributed by atoms with Crippen molar-refractivity contribution < 1.29 is 9.59 Å². The molecule has 0 saturated heterocycles. The van der Waals surface area contributed by atoms with Crippen LogP contribution in [0.3, 0.4) is 0 Å². The zero-order chi connectivity index (χ0) is 21.2. The number of carbonyl (C=O) groups is 2. The maximum absolute atomic E-state index is 12.8. The Kier molecular flexibility index (Phi) is 4.84. The smallest absolute Gasteiger partial charge is 0.261 e. The first-order valence-electron chi connectivity index (χ1n) is 10.1. The van der Waals surface area contributed by atoms with E-state index in [9.17, 15) is 9.59 Å². The first-order valence-corrected chi connectivity index (χ1v) is 10.1. The van der Waals surface area contributed by atoms with Gasteiger partial charge in [0.1, 0.15) is 5.65 Å². The topological polar surface area (TPSA) is 89.8 Å². The largest absolute Gasteiger partial charge is 0.332 e. The lowest BCUT2D eigenvalue weighted by Gasteiger charge is -2.05. The standard InChI is InChI=1S/C24H19N5O2/c30-23-20(21(24(31)28-23)19-14-25-11-12-26-19)18-15-29(22-17(18)9-4-10-27-22)13-5-8-16-6-2-1-3-7-16/h1-4,6-7,9-12,14-15H,5,8,13H2,(H,28,30,31). The summed E-state index contributed by atoms with van der Waals surface area (Å²) in [7, 11) is 0. The van der Waals surface area contributed by atoms with Crippen LogP contribution in [-0.2, 0) is 22.6 Å². The number of rotatable bonds is 6. The first-order chi connectivity index (χ1) is 15.2. The number of nitrogens with zero attached hydrogens (tertiary/aromatic N) is 4. The van der Waals surface area contributed by atoms with Crippen molar-refractivity contribution in [1.29, 1.82) is 0 Å². The molecule has 0 fully saturated rings. The molecule has 0 unspecified atom stereocenters. The second-order valence-corrected chi connectivity index (χ2v) is 7.32. The number of fused-ring (bicyclic) bond motifs is 1. The summed E-state index contributed by atoms with van der Waals surface area (Å²) in [6.07, 6.45) is 10.0. The van der Waals surface area contributed by atoms with E-state index in [2.05, 4.69) is 32.4 Å². The number of hydrogen-bond acceptors (Lipinski definition) is 5. The molecule has 4 heterocycles. The van der Waals surface area contributed by atoms with Gasteiger partial charge < -0.3 is 4.57 Å². The molecular formula is C24H19N5O2. The Balaban J connectivity index is 1.56. The molecule has 1 aromatic carbocycles. The van der Waals surface area contributed by atoms with Crippen molar-refractivity contribution in [3.8, 4) is 0 Å². The summed E-state index contributed by atoms with van der Waals surface area (Å²) in [6, 6.07) is 14.1. The van der Waals surface area contributed by atoms with Crippen LogP contribution >= 0.6 is 0 Å². The summed E-state index contributed by atoms with van der Waals surface area (Å²) in [5.41, 5.74) is 3.65. The lowest BCUT2D eigenvalue weighted by atomic mass is 10.00. The Morgan fingerprint density at radius 2 is 1.71 bits per heavy atom. The highest BCUT2D eigenvalue weighted by Gasteiger charge is 2.34. The summed E-state index contributed by atoms with van der Waals surface area (Å²) < 4.78 is 2.05. The summed E-state index contributed by atoms with van der Waals surface area (Å²) >= 11 is 0. The van der Waals surface area contributed by atoms with Gasteiger partial charge in [0, 0.05) is 42.3 Å². The van der Waals surface area contributed by atoms with Crippen LogP contribution in [0.5, 0.6) is 0 Å². The average Bonchev–Trinajstić information content (AvgIpc) is 3.31. The highest BCUT2D eigenvalue weighted by atomic mass is 16.2. The van der Waals surface area contributed by atoms with Crippen molar-refractivity contribution in [2.75, 3.05) is 0 Å². The predicted molar refractivity (Wildman–Crippen MR) is 116 cm³/mol. The molecule has 0 saturated carbocycles. The Bertz CT molecular complexity index is 1310. The summed E-state index contributed by atoms with van der Waals surface area (Å²) in [6.45, 7) is 0.742. The number of aryl methyl sites for hydroxylation is 2. The summed E-state index contributed by atoms with van der Waals surface area (Å²) in [5.74, 6) is -0.896. The SMILES string of the molecule is O=C1NC(=O)C(c2cn(CCCc3ccccc3)c3ncccc23)=C1c1cnccn1. The van der Waals surface area contributed by atoms with E-state index >= 15 is 0 Å². The summed E-state index contributed by atoms with van der Waals surface area (Å²) in [5, 5.41) is 3.23. The van der Waals surface area contributed by atoms with E-state index in [1.807, 2.05) is 41.1 Å². The van der Waals surface area contributed by atoms with Crippen molar-refractivity contribution >= 4 is 34.0 Å². The van der Waals surface area contributed by atoms with Gasteiger partial charge in [-0.2, -0.15) is 0 Å². The van der Waals surface area contributed by atoms with Crippen LogP contribution in [0.1, 0.15) is 23.2 Å². The zero-order valence-corrected chi connectivity index (χ0v) is 16.7. The molecule has 152 valence electrons. The molecule has 7 heteroatoms. The molecule has 1 aliphatic heterocycles. The maximum Gasteiger partial charge on any atom is 0.261 e. The lowest BCUT2D eigenvalue weighted by Crippen LogP contribution is -2.22. The third kappa shape index (κ3) is 3.50. The number of imide groups is 1. The van der Waals surface area contributed by atoms with Gasteiger partial charge in [-0.15, -0.1) is 0 Å². The molecule has 0 spiro atoms. The van der Waals surface area contributed by atoms with Crippen LogP contribution in [0.2, 0.25) is 0 Å². The van der Waals surface area contributed by atoms with Crippen LogP contribution in [0, 0.1) is 0 Å². The highest BCUT2D eigenvalue weighted by Crippen LogP contribution is 2.34. The van der Waals surface area contributed by atoms with Crippen molar-refractivity contribution in [3.05, 3.63) is 90.3 Å². The van der Waals surface area contributed by atoms with Gasteiger partial charge in [0.25, 0.3) is 11.8 Å². The minimum atomic E-state index is -0.464. The van der Waals surface area contributed by atoms with Crippen molar-refractivity contribution in [3.63, 3.8) is 0 Å². The van der Waals surface area contributed by atoms with E-state index in [0.717, 1.165) is 30.4 Å². The van der Waals surface area contributed by atoms with E-state index in [1.54, 1.807) is 6.20 Å². The lowest BCUT2D eigenvalue weighted by molar-refractivity contribution is -0.122. The quantitative estimate of drug-likeness (QED) is 0.495.